The molecule has 1 N–H and O–H groups in total. The Morgan fingerprint density at radius 2 is 1.71 bits per heavy atom. The monoisotopic (exact) mass is 471 g/mol. The number of hydrogen-bond acceptors (Lipinski definition) is 4. The van der Waals surface area contributed by atoms with Gasteiger partial charge in [-0.2, -0.15) is 4.98 Å². The Morgan fingerprint density at radius 1 is 0.941 bits per heavy atom. The van der Waals surface area contributed by atoms with E-state index in [1.165, 1.54) is 4.52 Å². The number of hydrogen-bond donors (Lipinski definition) is 1. The molecule has 0 saturated carbocycles. The molecule has 0 unspecified atom stereocenters. The van der Waals surface area contributed by atoms with Crippen LogP contribution in [0.1, 0.15) is 32.9 Å². The summed E-state index contributed by atoms with van der Waals surface area (Å²) in [4.78, 5) is 30.6. The molecule has 0 atom stereocenters. The molecule has 0 saturated heterocycles. The van der Waals surface area contributed by atoms with Crippen molar-refractivity contribution in [1.82, 2.24) is 24.5 Å². The van der Waals surface area contributed by atoms with E-state index in [4.69, 9.17) is 11.6 Å². The Morgan fingerprint density at radius 3 is 2.47 bits per heavy atom. The molecule has 5 aromatic rings. The highest BCUT2D eigenvalue weighted by atomic mass is 35.5. The Bertz CT molecular complexity index is 1600. The molecule has 2 heterocycles. The van der Waals surface area contributed by atoms with Gasteiger partial charge in [0.05, 0.1) is 17.6 Å². The van der Waals surface area contributed by atoms with E-state index in [2.05, 4.69) is 15.4 Å². The lowest BCUT2D eigenvalue weighted by molar-refractivity contribution is 0.0941. The Labute approximate surface area is 200 Å². The molecule has 5 rings (SSSR count). The van der Waals surface area contributed by atoms with Gasteiger partial charge in [-0.05, 0) is 54.8 Å². The van der Waals surface area contributed by atoms with Crippen molar-refractivity contribution in [3.63, 3.8) is 0 Å². The van der Waals surface area contributed by atoms with Crippen LogP contribution >= 0.6 is 11.6 Å². The van der Waals surface area contributed by atoms with Crippen LogP contribution in [0.25, 0.3) is 16.7 Å². The van der Waals surface area contributed by atoms with E-state index in [9.17, 15) is 9.59 Å². The summed E-state index contributed by atoms with van der Waals surface area (Å²) in [7, 11) is 0. The third-order valence-electron chi connectivity index (χ3n) is 5.69. The van der Waals surface area contributed by atoms with Crippen LogP contribution in [0, 0.1) is 13.8 Å². The molecule has 34 heavy (non-hydrogen) atoms. The minimum atomic E-state index is -0.436. The number of carbonyl (C=O) groups excluding carboxylic acids is 1. The molecule has 3 aromatic carbocycles. The number of amides is 1. The van der Waals surface area contributed by atoms with Gasteiger partial charge < -0.3 is 5.32 Å². The lowest BCUT2D eigenvalue weighted by Gasteiger charge is -2.12. The zero-order chi connectivity index (χ0) is 23.8. The normalized spacial score (nSPS) is 11.3. The van der Waals surface area contributed by atoms with Gasteiger partial charge in [0.2, 0.25) is 11.5 Å². The van der Waals surface area contributed by atoms with Crippen molar-refractivity contribution in [2.45, 2.75) is 26.9 Å². The van der Waals surface area contributed by atoms with Crippen molar-refractivity contribution >= 4 is 34.2 Å². The highest BCUT2D eigenvalue weighted by Gasteiger charge is 2.19. The quantitative estimate of drug-likeness (QED) is 0.414. The first-order chi connectivity index (χ1) is 16.4. The number of rotatable bonds is 5. The maximum Gasteiger partial charge on any atom is 0.296 e. The van der Waals surface area contributed by atoms with Crippen molar-refractivity contribution in [3.05, 3.63) is 110 Å². The van der Waals surface area contributed by atoms with E-state index >= 15 is 0 Å². The molecule has 1 amide bonds. The fraction of sp³-hybridized carbons (Fsp3) is 0.154. The number of halogens is 1. The lowest BCUT2D eigenvalue weighted by atomic mass is 10.1. The average Bonchev–Trinajstić information content (AvgIpc) is 3.27. The predicted octanol–water partition coefficient (Wildman–Crippen LogP) is 4.29. The smallest absolute Gasteiger partial charge is 0.296 e. The van der Waals surface area contributed by atoms with E-state index in [1.807, 2.05) is 68.4 Å². The molecule has 0 fully saturated rings. The van der Waals surface area contributed by atoms with Crippen LogP contribution in [0.3, 0.4) is 0 Å². The third kappa shape index (κ3) is 4.18. The van der Waals surface area contributed by atoms with Crippen LogP contribution in [0.2, 0.25) is 5.02 Å². The second kappa shape index (κ2) is 8.76. The van der Waals surface area contributed by atoms with Gasteiger partial charge in [0.15, 0.2) is 0 Å². The van der Waals surface area contributed by atoms with Crippen molar-refractivity contribution in [1.29, 1.82) is 0 Å². The second-order valence-corrected chi connectivity index (χ2v) is 8.79. The van der Waals surface area contributed by atoms with Gasteiger partial charge >= 0.3 is 0 Å². The number of nitrogens with one attached hydrogen (secondary N) is 1. The summed E-state index contributed by atoms with van der Waals surface area (Å²) < 4.78 is 3.11. The second-order valence-electron chi connectivity index (χ2n) is 8.35. The molecule has 2 aromatic heterocycles. The molecule has 0 bridgehead atoms. The average molecular weight is 472 g/mol. The van der Waals surface area contributed by atoms with Crippen LogP contribution < -0.4 is 10.9 Å². The van der Waals surface area contributed by atoms with Gasteiger partial charge in [0.25, 0.3) is 11.5 Å². The first-order valence-corrected chi connectivity index (χ1v) is 11.2. The molecular weight excluding hydrogens is 450 g/mol. The Kier molecular flexibility index (Phi) is 5.63. The van der Waals surface area contributed by atoms with Gasteiger partial charge in [-0.1, -0.05) is 59.6 Å². The van der Waals surface area contributed by atoms with Crippen LogP contribution in [0.15, 0.2) is 71.5 Å². The fourth-order valence-electron chi connectivity index (χ4n) is 3.99. The zero-order valence-electron chi connectivity index (χ0n) is 18.7. The van der Waals surface area contributed by atoms with Crippen molar-refractivity contribution in [2.24, 2.45) is 0 Å². The molecule has 0 aliphatic carbocycles. The molecule has 0 radical (unpaired) electrons. The topological polar surface area (TPSA) is 81.3 Å². The number of carbonyl (C=O) groups is 1. The summed E-state index contributed by atoms with van der Waals surface area (Å²) in [6, 6.07) is 21.0. The van der Waals surface area contributed by atoms with Gasteiger partial charge in [-0.15, -0.1) is 5.10 Å². The molecular formula is C26H22ClN5O2. The van der Waals surface area contributed by atoms with Crippen LogP contribution in [0.5, 0.6) is 0 Å². The molecule has 170 valence electrons. The van der Waals surface area contributed by atoms with Gasteiger partial charge in [-0.3, -0.25) is 14.2 Å². The van der Waals surface area contributed by atoms with Crippen molar-refractivity contribution < 1.29 is 4.79 Å². The predicted molar refractivity (Wildman–Crippen MR) is 132 cm³/mol. The van der Waals surface area contributed by atoms with E-state index in [0.717, 1.165) is 22.3 Å². The summed E-state index contributed by atoms with van der Waals surface area (Å²) >= 11 is 6.02. The highest BCUT2D eigenvalue weighted by molar-refractivity contribution is 6.30. The number of aryl methyl sites for hydroxylation is 2. The number of fused-ring (bicyclic) bond motifs is 3. The maximum atomic E-state index is 13.5. The molecule has 8 heteroatoms. The summed E-state index contributed by atoms with van der Waals surface area (Å²) in [5.74, 6) is -0.481. The van der Waals surface area contributed by atoms with Crippen molar-refractivity contribution in [2.75, 3.05) is 0 Å². The zero-order valence-corrected chi connectivity index (χ0v) is 19.5. The van der Waals surface area contributed by atoms with Crippen LogP contribution in [-0.2, 0) is 13.1 Å². The number of nitrogens with zero attached hydrogens (tertiary/aromatic N) is 4. The maximum absolute atomic E-state index is 13.5. The number of benzene rings is 3. The first kappa shape index (κ1) is 21.9. The summed E-state index contributed by atoms with van der Waals surface area (Å²) in [6.07, 6.45) is 0. The van der Waals surface area contributed by atoms with Crippen molar-refractivity contribution in [3.8, 4) is 0 Å². The standard InChI is InChI=1S/C26H22ClN5O2/c1-16-4-3-5-19(12-16)14-28-25(33)23-29-24-26(34)31(15-18-7-9-20(27)10-8-18)22-13-17(2)6-11-21(22)32(24)30-23/h3-13H,14-15H2,1-2H3,(H,28,33). The van der Waals surface area contributed by atoms with E-state index in [-0.39, 0.29) is 17.0 Å². The Balaban J connectivity index is 1.56. The van der Waals surface area contributed by atoms with Crippen LogP contribution in [0.4, 0.5) is 0 Å². The summed E-state index contributed by atoms with van der Waals surface area (Å²) in [5, 5.41) is 7.86. The summed E-state index contributed by atoms with van der Waals surface area (Å²) in [6.45, 7) is 4.65. The fourth-order valence-corrected chi connectivity index (χ4v) is 4.11. The Hall–Kier alpha value is -3.97. The highest BCUT2D eigenvalue weighted by Crippen LogP contribution is 2.18. The van der Waals surface area contributed by atoms with Gasteiger partial charge in [0.1, 0.15) is 0 Å². The van der Waals surface area contributed by atoms with Gasteiger partial charge in [-0.25, -0.2) is 4.52 Å². The van der Waals surface area contributed by atoms with Gasteiger partial charge in [0, 0.05) is 11.6 Å². The molecule has 7 nitrogen and oxygen atoms in total. The molecule has 0 aliphatic rings. The van der Waals surface area contributed by atoms with E-state index < -0.39 is 5.91 Å². The minimum absolute atomic E-state index is 0.0455. The third-order valence-corrected chi connectivity index (χ3v) is 5.94. The number of aromatic nitrogens is 4. The molecule has 0 spiro atoms. The van der Waals surface area contributed by atoms with E-state index in [0.29, 0.717) is 29.1 Å². The largest absolute Gasteiger partial charge is 0.345 e. The first-order valence-electron chi connectivity index (χ1n) is 10.9. The summed E-state index contributed by atoms with van der Waals surface area (Å²) in [5.41, 5.74) is 5.21. The van der Waals surface area contributed by atoms with Crippen LogP contribution in [-0.4, -0.2) is 25.1 Å². The SMILES string of the molecule is Cc1cccc(CNC(=O)c2nc3c(=O)n(Cc4ccc(Cl)cc4)c4cc(C)ccc4n3n2)c1. The lowest BCUT2D eigenvalue weighted by Crippen LogP contribution is -2.24. The van der Waals surface area contributed by atoms with E-state index in [1.54, 1.807) is 16.7 Å². The minimum Gasteiger partial charge on any atom is -0.345 e. The molecule has 0 aliphatic heterocycles.